The van der Waals surface area contributed by atoms with Crippen LogP contribution in [-0.4, -0.2) is 35.9 Å². The molecular weight excluding hydrogens is 238 g/mol. The number of nitrogens with zero attached hydrogens (tertiary/aromatic N) is 2. The van der Waals surface area contributed by atoms with E-state index in [2.05, 4.69) is 17.2 Å². The molecule has 1 aliphatic carbocycles. The number of aromatic nitrogens is 1. The van der Waals surface area contributed by atoms with E-state index in [4.69, 9.17) is 0 Å². The first-order chi connectivity index (χ1) is 9.20. The number of hydrogen-bond acceptors (Lipinski definition) is 3. The fourth-order valence-electron chi connectivity index (χ4n) is 2.27. The van der Waals surface area contributed by atoms with Gasteiger partial charge in [0, 0.05) is 32.0 Å². The van der Waals surface area contributed by atoms with Crippen LogP contribution in [0.15, 0.2) is 18.3 Å². The highest BCUT2D eigenvalue weighted by atomic mass is 16.2. The maximum absolute atomic E-state index is 12.3. The quantitative estimate of drug-likeness (QED) is 0.856. The summed E-state index contributed by atoms with van der Waals surface area (Å²) in [5.74, 6) is 0.711. The molecule has 2 rings (SSSR count). The van der Waals surface area contributed by atoms with Gasteiger partial charge in [0.15, 0.2) is 0 Å². The molecule has 1 N–H and O–H groups in total. The van der Waals surface area contributed by atoms with Gasteiger partial charge >= 0.3 is 0 Å². The summed E-state index contributed by atoms with van der Waals surface area (Å²) in [6, 6.07) is 3.74. The third-order valence-corrected chi connectivity index (χ3v) is 3.66. The minimum atomic E-state index is 0.0204. The molecule has 0 aromatic carbocycles. The molecule has 1 fully saturated rings. The smallest absolute Gasteiger partial charge is 0.272 e. The first kappa shape index (κ1) is 13.8. The molecule has 1 heterocycles. The zero-order valence-corrected chi connectivity index (χ0v) is 11.9. The second-order valence-electron chi connectivity index (χ2n) is 5.34. The average molecular weight is 261 g/mol. The van der Waals surface area contributed by atoms with E-state index in [1.165, 1.54) is 19.3 Å². The molecule has 1 amide bonds. The molecule has 0 saturated heterocycles. The van der Waals surface area contributed by atoms with Crippen molar-refractivity contribution < 1.29 is 4.79 Å². The molecule has 0 radical (unpaired) electrons. The summed E-state index contributed by atoms with van der Waals surface area (Å²) >= 11 is 0. The predicted molar refractivity (Wildman–Crippen MR) is 77.3 cm³/mol. The van der Waals surface area contributed by atoms with Gasteiger partial charge in [-0.25, -0.2) is 0 Å². The van der Waals surface area contributed by atoms with E-state index in [9.17, 15) is 4.79 Å². The van der Waals surface area contributed by atoms with Crippen molar-refractivity contribution in [2.75, 3.05) is 25.5 Å². The number of rotatable bonds is 6. The lowest BCUT2D eigenvalue weighted by Crippen LogP contribution is -2.34. The maximum atomic E-state index is 12.3. The molecular formula is C15H23N3O. The summed E-state index contributed by atoms with van der Waals surface area (Å²) in [5, 5.41) is 3.28. The molecule has 0 spiro atoms. The van der Waals surface area contributed by atoms with Crippen LogP contribution >= 0.6 is 0 Å². The van der Waals surface area contributed by atoms with Gasteiger partial charge in [-0.2, -0.15) is 0 Å². The third kappa shape index (κ3) is 3.69. The van der Waals surface area contributed by atoms with Gasteiger partial charge < -0.3 is 10.2 Å². The summed E-state index contributed by atoms with van der Waals surface area (Å²) < 4.78 is 0. The van der Waals surface area contributed by atoms with Crippen molar-refractivity contribution in [1.82, 2.24) is 9.88 Å². The Morgan fingerprint density at radius 3 is 2.95 bits per heavy atom. The fourth-order valence-corrected chi connectivity index (χ4v) is 2.27. The Morgan fingerprint density at radius 2 is 2.32 bits per heavy atom. The molecule has 104 valence electrons. The van der Waals surface area contributed by atoms with Crippen LogP contribution in [0.1, 0.15) is 43.1 Å². The number of nitrogens with one attached hydrogen (secondary N) is 1. The molecule has 1 saturated carbocycles. The van der Waals surface area contributed by atoms with Gasteiger partial charge in [-0.15, -0.1) is 0 Å². The lowest BCUT2D eigenvalue weighted by molar-refractivity contribution is 0.0739. The summed E-state index contributed by atoms with van der Waals surface area (Å²) in [5.41, 5.74) is 1.50. The van der Waals surface area contributed by atoms with Gasteiger partial charge in [-0.1, -0.05) is 13.3 Å². The van der Waals surface area contributed by atoms with Crippen molar-refractivity contribution in [3.8, 4) is 0 Å². The normalized spacial score (nSPS) is 14.8. The van der Waals surface area contributed by atoms with Crippen LogP contribution in [0.2, 0.25) is 0 Å². The minimum absolute atomic E-state index is 0.0204. The van der Waals surface area contributed by atoms with Crippen molar-refractivity contribution in [1.29, 1.82) is 0 Å². The highest BCUT2D eigenvalue weighted by Gasteiger charge is 2.22. The summed E-state index contributed by atoms with van der Waals surface area (Å²) in [4.78, 5) is 18.3. The topological polar surface area (TPSA) is 45.2 Å². The van der Waals surface area contributed by atoms with Crippen molar-refractivity contribution in [3.63, 3.8) is 0 Å². The minimum Gasteiger partial charge on any atom is -0.385 e. The van der Waals surface area contributed by atoms with Crippen molar-refractivity contribution >= 4 is 11.6 Å². The van der Waals surface area contributed by atoms with Crippen LogP contribution in [0.5, 0.6) is 0 Å². The molecule has 19 heavy (non-hydrogen) atoms. The Hall–Kier alpha value is -1.58. The molecule has 4 heteroatoms. The first-order valence-corrected chi connectivity index (χ1v) is 7.16. The highest BCUT2D eigenvalue weighted by Crippen LogP contribution is 2.27. The van der Waals surface area contributed by atoms with Gasteiger partial charge in [0.1, 0.15) is 5.69 Å². The summed E-state index contributed by atoms with van der Waals surface area (Å²) in [6.45, 7) is 3.88. The van der Waals surface area contributed by atoms with Gasteiger partial charge in [0.2, 0.25) is 0 Å². The van der Waals surface area contributed by atoms with E-state index in [-0.39, 0.29) is 5.91 Å². The Bertz CT molecular complexity index is 429. The molecule has 1 aromatic heterocycles. The fraction of sp³-hybridized carbons (Fsp3) is 0.600. The zero-order chi connectivity index (χ0) is 13.7. The zero-order valence-electron chi connectivity index (χ0n) is 11.9. The van der Waals surface area contributed by atoms with Crippen molar-refractivity contribution in [3.05, 3.63) is 24.0 Å². The van der Waals surface area contributed by atoms with E-state index in [0.29, 0.717) is 11.6 Å². The largest absolute Gasteiger partial charge is 0.385 e. The van der Waals surface area contributed by atoms with Crippen LogP contribution in [0.4, 0.5) is 5.69 Å². The molecule has 4 nitrogen and oxygen atoms in total. The van der Waals surface area contributed by atoms with E-state index in [0.717, 1.165) is 25.2 Å². The Kier molecular flexibility index (Phi) is 4.77. The van der Waals surface area contributed by atoms with Crippen LogP contribution in [0.25, 0.3) is 0 Å². The first-order valence-electron chi connectivity index (χ1n) is 7.16. The van der Waals surface area contributed by atoms with E-state index >= 15 is 0 Å². The Morgan fingerprint density at radius 1 is 1.53 bits per heavy atom. The lowest BCUT2D eigenvalue weighted by Gasteiger charge is -2.30. The van der Waals surface area contributed by atoms with Crippen molar-refractivity contribution in [2.45, 2.75) is 32.6 Å². The monoisotopic (exact) mass is 261 g/mol. The van der Waals surface area contributed by atoms with Crippen LogP contribution < -0.4 is 5.32 Å². The summed E-state index contributed by atoms with van der Waals surface area (Å²) in [7, 11) is 1.87. The van der Waals surface area contributed by atoms with Gasteiger partial charge in [0.05, 0.1) is 0 Å². The van der Waals surface area contributed by atoms with Gasteiger partial charge in [0.25, 0.3) is 5.91 Å². The van der Waals surface area contributed by atoms with Crippen LogP contribution in [0.3, 0.4) is 0 Å². The Labute approximate surface area is 115 Å². The number of pyridine rings is 1. The van der Waals surface area contributed by atoms with E-state index in [1.807, 2.05) is 19.2 Å². The average Bonchev–Trinajstić information content (AvgIpc) is 2.39. The number of amides is 1. The molecule has 1 aromatic rings. The van der Waals surface area contributed by atoms with Crippen molar-refractivity contribution in [2.24, 2.45) is 5.92 Å². The Balaban J connectivity index is 1.96. The third-order valence-electron chi connectivity index (χ3n) is 3.66. The van der Waals surface area contributed by atoms with Crippen LogP contribution in [0, 0.1) is 5.92 Å². The number of carbonyl (C=O) groups is 1. The number of anilines is 1. The number of hydrogen-bond donors (Lipinski definition) is 1. The predicted octanol–water partition coefficient (Wildman–Crippen LogP) is 2.78. The van der Waals surface area contributed by atoms with Gasteiger partial charge in [-0.05, 0) is 37.3 Å². The van der Waals surface area contributed by atoms with Crippen LogP contribution in [-0.2, 0) is 0 Å². The molecule has 0 bridgehead atoms. The second-order valence-corrected chi connectivity index (χ2v) is 5.34. The molecule has 0 unspecified atom stereocenters. The summed E-state index contributed by atoms with van der Waals surface area (Å²) in [6.07, 6.45) is 6.57. The second kappa shape index (κ2) is 6.55. The molecule has 0 aliphatic heterocycles. The maximum Gasteiger partial charge on any atom is 0.272 e. The lowest BCUT2D eigenvalue weighted by atomic mass is 9.85. The SMILES string of the molecule is CCCNc1ccnc(C(=O)N(C)CC2CCC2)c1. The van der Waals surface area contributed by atoms with E-state index < -0.39 is 0 Å². The van der Waals surface area contributed by atoms with Gasteiger partial charge in [-0.3, -0.25) is 9.78 Å². The standard InChI is InChI=1S/C15H23N3O/c1-3-8-16-13-7-9-17-14(10-13)15(19)18(2)11-12-5-4-6-12/h7,9-10,12H,3-6,8,11H2,1-2H3,(H,16,17). The molecule has 0 atom stereocenters. The molecule has 1 aliphatic rings. The highest BCUT2D eigenvalue weighted by molar-refractivity contribution is 5.92. The van der Waals surface area contributed by atoms with E-state index in [1.54, 1.807) is 11.1 Å². The number of carbonyl (C=O) groups excluding carboxylic acids is 1.